The lowest BCUT2D eigenvalue weighted by Crippen LogP contribution is -2.29. The molecule has 2 atom stereocenters. The van der Waals surface area contributed by atoms with Crippen LogP contribution in [-0.4, -0.2) is 19.3 Å². The Balaban J connectivity index is 2.19. The van der Waals surface area contributed by atoms with Crippen molar-refractivity contribution in [3.05, 3.63) is 23.8 Å². The molecular weight excluding hydrogens is 262 g/mol. The first-order valence-electron chi connectivity index (χ1n) is 8.25. The fraction of sp³-hybridized carbons (Fsp3) is 0.667. The molecule has 1 saturated carbocycles. The Morgan fingerprint density at radius 2 is 1.86 bits per heavy atom. The van der Waals surface area contributed by atoms with Gasteiger partial charge in [-0.1, -0.05) is 26.0 Å². The second-order valence-corrected chi connectivity index (χ2v) is 6.37. The van der Waals surface area contributed by atoms with E-state index in [0.717, 1.165) is 48.2 Å². The first-order chi connectivity index (χ1) is 10.1. The van der Waals surface area contributed by atoms with Gasteiger partial charge in [0.05, 0.1) is 12.7 Å². The van der Waals surface area contributed by atoms with Crippen molar-refractivity contribution < 1.29 is 9.47 Å². The molecule has 2 rings (SSSR count). The normalized spacial score (nSPS) is 25.6. The fourth-order valence-corrected chi connectivity index (χ4v) is 3.45. The van der Waals surface area contributed by atoms with E-state index in [2.05, 4.69) is 19.9 Å². The van der Waals surface area contributed by atoms with Crippen LogP contribution in [0.1, 0.15) is 45.6 Å². The fourth-order valence-electron chi connectivity index (χ4n) is 3.45. The summed E-state index contributed by atoms with van der Waals surface area (Å²) >= 11 is 0. The summed E-state index contributed by atoms with van der Waals surface area (Å²) in [5, 5.41) is 0. The Morgan fingerprint density at radius 3 is 2.48 bits per heavy atom. The number of para-hydroxylation sites is 1. The maximum absolute atomic E-state index is 6.38. The van der Waals surface area contributed by atoms with Crippen LogP contribution >= 0.6 is 0 Å². The molecule has 0 aliphatic heterocycles. The molecule has 21 heavy (non-hydrogen) atoms. The van der Waals surface area contributed by atoms with Gasteiger partial charge >= 0.3 is 0 Å². The van der Waals surface area contributed by atoms with Crippen molar-refractivity contribution in [2.45, 2.75) is 52.6 Å². The van der Waals surface area contributed by atoms with Gasteiger partial charge < -0.3 is 15.2 Å². The quantitative estimate of drug-likeness (QED) is 0.867. The van der Waals surface area contributed by atoms with Crippen molar-refractivity contribution in [2.75, 3.05) is 13.2 Å². The summed E-state index contributed by atoms with van der Waals surface area (Å²) in [4.78, 5) is 0. The monoisotopic (exact) mass is 291 g/mol. The summed E-state index contributed by atoms with van der Waals surface area (Å²) in [6.07, 6.45) is 4.69. The molecule has 0 aromatic heterocycles. The van der Waals surface area contributed by atoms with Crippen molar-refractivity contribution in [1.82, 2.24) is 0 Å². The lowest BCUT2D eigenvalue weighted by Gasteiger charge is -2.32. The average molecular weight is 291 g/mol. The highest BCUT2D eigenvalue weighted by molar-refractivity contribution is 5.47. The van der Waals surface area contributed by atoms with Gasteiger partial charge in [0.1, 0.15) is 0 Å². The lowest BCUT2D eigenvalue weighted by molar-refractivity contribution is 0.0961. The van der Waals surface area contributed by atoms with Crippen molar-refractivity contribution in [2.24, 2.45) is 17.6 Å². The molecule has 1 fully saturated rings. The topological polar surface area (TPSA) is 44.5 Å². The van der Waals surface area contributed by atoms with Gasteiger partial charge in [-0.05, 0) is 62.6 Å². The summed E-state index contributed by atoms with van der Waals surface area (Å²) in [5.41, 5.74) is 6.90. The first-order valence-corrected chi connectivity index (χ1v) is 8.25. The van der Waals surface area contributed by atoms with Gasteiger partial charge in [-0.15, -0.1) is 0 Å². The van der Waals surface area contributed by atoms with Gasteiger partial charge in [0, 0.05) is 0 Å². The molecule has 3 heteroatoms. The number of nitrogens with two attached hydrogens (primary N) is 1. The molecular formula is C18H29NO2. The van der Waals surface area contributed by atoms with Crippen LogP contribution in [0.2, 0.25) is 0 Å². The van der Waals surface area contributed by atoms with Crippen LogP contribution in [0.5, 0.6) is 11.5 Å². The van der Waals surface area contributed by atoms with Crippen molar-refractivity contribution in [3.63, 3.8) is 0 Å². The van der Waals surface area contributed by atoms with Crippen LogP contribution in [0.25, 0.3) is 0 Å². The number of ether oxygens (including phenoxy) is 2. The minimum atomic E-state index is 0.293. The SMILES string of the molecule is CCOc1cccc(CCN)c1OC1CC(C)CC(C)C1. The van der Waals surface area contributed by atoms with E-state index in [4.69, 9.17) is 15.2 Å². The van der Waals surface area contributed by atoms with Gasteiger partial charge in [-0.25, -0.2) is 0 Å². The van der Waals surface area contributed by atoms with Crippen LogP contribution in [0.15, 0.2) is 18.2 Å². The minimum absolute atomic E-state index is 0.293. The van der Waals surface area contributed by atoms with E-state index in [1.807, 2.05) is 19.1 Å². The van der Waals surface area contributed by atoms with Crippen LogP contribution in [0.4, 0.5) is 0 Å². The zero-order valence-electron chi connectivity index (χ0n) is 13.6. The molecule has 3 nitrogen and oxygen atoms in total. The van der Waals surface area contributed by atoms with Crippen molar-refractivity contribution in [1.29, 1.82) is 0 Å². The Kier molecular flexibility index (Phi) is 5.92. The molecule has 1 aliphatic carbocycles. The molecule has 0 spiro atoms. The van der Waals surface area contributed by atoms with Gasteiger partial charge in [-0.3, -0.25) is 0 Å². The molecule has 2 N–H and O–H groups in total. The van der Waals surface area contributed by atoms with Crippen LogP contribution in [0, 0.1) is 11.8 Å². The Bertz CT molecular complexity index is 413. The smallest absolute Gasteiger partial charge is 0.164 e. The second kappa shape index (κ2) is 7.69. The Labute approximate surface area is 128 Å². The minimum Gasteiger partial charge on any atom is -0.490 e. The van der Waals surface area contributed by atoms with Gasteiger partial charge in [0.15, 0.2) is 11.5 Å². The molecule has 0 amide bonds. The van der Waals surface area contributed by atoms with Crippen molar-refractivity contribution in [3.8, 4) is 11.5 Å². The van der Waals surface area contributed by atoms with Crippen molar-refractivity contribution >= 4 is 0 Å². The Morgan fingerprint density at radius 1 is 1.14 bits per heavy atom. The highest BCUT2D eigenvalue weighted by Crippen LogP contribution is 2.37. The third-order valence-corrected chi connectivity index (χ3v) is 4.19. The third-order valence-electron chi connectivity index (χ3n) is 4.19. The van der Waals surface area contributed by atoms with E-state index >= 15 is 0 Å². The zero-order chi connectivity index (χ0) is 15.2. The molecule has 1 aromatic carbocycles. The summed E-state index contributed by atoms with van der Waals surface area (Å²) in [6.45, 7) is 7.93. The molecule has 1 aliphatic rings. The highest BCUT2D eigenvalue weighted by atomic mass is 16.5. The zero-order valence-corrected chi connectivity index (χ0v) is 13.6. The molecule has 0 saturated heterocycles. The summed E-state index contributed by atoms with van der Waals surface area (Å²) in [6, 6.07) is 6.11. The van der Waals surface area contributed by atoms with Gasteiger partial charge in [0.25, 0.3) is 0 Å². The predicted molar refractivity (Wildman–Crippen MR) is 87.0 cm³/mol. The Hall–Kier alpha value is -1.22. The molecule has 0 heterocycles. The number of hydrogen-bond donors (Lipinski definition) is 1. The summed E-state index contributed by atoms with van der Waals surface area (Å²) in [7, 11) is 0. The first kappa shape index (κ1) is 16.2. The van der Waals surface area contributed by atoms with Crippen LogP contribution < -0.4 is 15.2 Å². The van der Waals surface area contributed by atoms with Gasteiger partial charge in [0.2, 0.25) is 0 Å². The highest BCUT2D eigenvalue weighted by Gasteiger charge is 2.26. The molecule has 2 unspecified atom stereocenters. The predicted octanol–water partition coefficient (Wildman–Crippen LogP) is 3.79. The second-order valence-electron chi connectivity index (χ2n) is 6.37. The number of benzene rings is 1. The van der Waals surface area contributed by atoms with Gasteiger partial charge in [-0.2, -0.15) is 0 Å². The van der Waals surface area contributed by atoms with Crippen LogP contribution in [0.3, 0.4) is 0 Å². The van der Waals surface area contributed by atoms with E-state index < -0.39 is 0 Å². The molecule has 0 bridgehead atoms. The standard InChI is InChI=1S/C18H29NO2/c1-4-20-17-7-5-6-15(8-9-19)18(17)21-16-11-13(2)10-14(3)12-16/h5-7,13-14,16H,4,8-12,19H2,1-3H3. The molecule has 1 aromatic rings. The number of rotatable bonds is 6. The van der Waals surface area contributed by atoms with E-state index in [1.165, 1.54) is 6.42 Å². The summed E-state index contributed by atoms with van der Waals surface area (Å²) < 4.78 is 12.1. The largest absolute Gasteiger partial charge is 0.490 e. The van der Waals surface area contributed by atoms with E-state index in [-0.39, 0.29) is 0 Å². The average Bonchev–Trinajstić information content (AvgIpc) is 2.42. The molecule has 118 valence electrons. The number of hydrogen-bond acceptors (Lipinski definition) is 3. The maximum atomic E-state index is 6.38. The van der Waals surface area contributed by atoms with E-state index in [1.54, 1.807) is 0 Å². The van der Waals surface area contributed by atoms with E-state index in [0.29, 0.717) is 19.3 Å². The maximum Gasteiger partial charge on any atom is 0.164 e. The van der Waals surface area contributed by atoms with Crippen LogP contribution in [-0.2, 0) is 6.42 Å². The molecule has 0 radical (unpaired) electrons. The summed E-state index contributed by atoms with van der Waals surface area (Å²) in [5.74, 6) is 3.23. The van der Waals surface area contributed by atoms with E-state index in [9.17, 15) is 0 Å². The third kappa shape index (κ3) is 4.37. The lowest BCUT2D eigenvalue weighted by atomic mass is 9.82.